The monoisotopic (exact) mass is 324 g/mol. The zero-order valence-corrected chi connectivity index (χ0v) is 13.9. The highest BCUT2D eigenvalue weighted by atomic mass is 16.5. The fourth-order valence-electron chi connectivity index (χ4n) is 3.64. The maximum absolute atomic E-state index is 12.5. The number of aryl methyl sites for hydroxylation is 1. The van der Waals surface area contributed by atoms with Gasteiger partial charge in [-0.05, 0) is 26.0 Å². The molecular formula is C18H20N4O2. The fraction of sp³-hybridized carbons (Fsp3) is 0.389. The van der Waals surface area contributed by atoms with Gasteiger partial charge in [0.2, 0.25) is 5.95 Å². The summed E-state index contributed by atoms with van der Waals surface area (Å²) in [6.07, 6.45) is 1.19. The first-order chi connectivity index (χ1) is 11.5. The molecule has 0 aliphatic carbocycles. The van der Waals surface area contributed by atoms with Gasteiger partial charge in [-0.1, -0.05) is 12.1 Å². The second kappa shape index (κ2) is 5.19. The normalized spacial score (nSPS) is 22.6. The van der Waals surface area contributed by atoms with Crippen molar-refractivity contribution < 1.29 is 9.53 Å². The Labute approximate surface area is 140 Å². The Morgan fingerprint density at radius 3 is 2.88 bits per heavy atom. The van der Waals surface area contributed by atoms with E-state index in [1.54, 1.807) is 0 Å². The summed E-state index contributed by atoms with van der Waals surface area (Å²) in [5.74, 6) is 1.95. The summed E-state index contributed by atoms with van der Waals surface area (Å²) in [6, 6.07) is 7.47. The summed E-state index contributed by atoms with van der Waals surface area (Å²) >= 11 is 0. The minimum Gasteiger partial charge on any atom is -0.484 e. The largest absolute Gasteiger partial charge is 0.484 e. The topological polar surface area (TPSA) is 81.3 Å². The zero-order valence-electron chi connectivity index (χ0n) is 13.9. The SMILES string of the molecule is Cc1nc(N)nc(N2CC[C@@]3(CC(=O)c4ccccc4O3)C2)c1C. The standard InChI is InChI=1S/C18H20N4O2/c1-11-12(2)20-17(19)21-16(11)22-8-7-18(10-22)9-14(23)13-5-3-4-6-15(13)24-18/h3-6H,7-10H2,1-2H3,(H2,19,20,21)/t18-/m1/s1. The molecule has 2 N–H and O–H groups in total. The van der Waals surface area contributed by atoms with Gasteiger partial charge in [0.15, 0.2) is 5.78 Å². The van der Waals surface area contributed by atoms with Crippen molar-refractivity contribution in [2.75, 3.05) is 23.7 Å². The number of aromatic nitrogens is 2. The molecule has 1 fully saturated rings. The zero-order chi connectivity index (χ0) is 16.9. The van der Waals surface area contributed by atoms with Crippen LogP contribution in [0, 0.1) is 13.8 Å². The number of nitrogen functional groups attached to an aromatic ring is 1. The van der Waals surface area contributed by atoms with E-state index in [0.29, 0.717) is 24.3 Å². The minimum absolute atomic E-state index is 0.147. The van der Waals surface area contributed by atoms with Crippen LogP contribution < -0.4 is 15.4 Å². The van der Waals surface area contributed by atoms with Crippen molar-refractivity contribution in [3.05, 3.63) is 41.1 Å². The van der Waals surface area contributed by atoms with Gasteiger partial charge in [-0.3, -0.25) is 4.79 Å². The van der Waals surface area contributed by atoms with Gasteiger partial charge >= 0.3 is 0 Å². The summed E-state index contributed by atoms with van der Waals surface area (Å²) in [5.41, 5.74) is 7.91. The predicted octanol–water partition coefficient (Wildman–Crippen LogP) is 2.29. The van der Waals surface area contributed by atoms with Crippen molar-refractivity contribution in [3.8, 4) is 5.75 Å². The second-order valence-electron chi connectivity index (χ2n) is 6.67. The number of nitrogens with two attached hydrogens (primary N) is 1. The molecule has 24 heavy (non-hydrogen) atoms. The van der Waals surface area contributed by atoms with E-state index in [0.717, 1.165) is 30.0 Å². The molecule has 0 unspecified atom stereocenters. The van der Waals surface area contributed by atoms with E-state index in [4.69, 9.17) is 10.5 Å². The Hall–Kier alpha value is -2.63. The van der Waals surface area contributed by atoms with Crippen molar-refractivity contribution in [2.45, 2.75) is 32.3 Å². The minimum atomic E-state index is -0.481. The van der Waals surface area contributed by atoms with Crippen molar-refractivity contribution in [3.63, 3.8) is 0 Å². The smallest absolute Gasteiger partial charge is 0.222 e. The fourth-order valence-corrected chi connectivity index (χ4v) is 3.64. The van der Waals surface area contributed by atoms with E-state index in [2.05, 4.69) is 14.9 Å². The Kier molecular flexibility index (Phi) is 3.23. The first-order valence-corrected chi connectivity index (χ1v) is 8.14. The number of ether oxygens (including phenoxy) is 1. The molecule has 3 heterocycles. The Bertz CT molecular complexity index is 836. The summed E-state index contributed by atoms with van der Waals surface area (Å²) < 4.78 is 6.27. The Morgan fingerprint density at radius 2 is 2.04 bits per heavy atom. The van der Waals surface area contributed by atoms with Crippen LogP contribution in [0.25, 0.3) is 0 Å². The van der Waals surface area contributed by atoms with Crippen LogP contribution in [-0.2, 0) is 0 Å². The van der Waals surface area contributed by atoms with Gasteiger partial charge in [0, 0.05) is 24.2 Å². The second-order valence-corrected chi connectivity index (χ2v) is 6.67. The summed E-state index contributed by atoms with van der Waals surface area (Å²) in [5, 5.41) is 0. The number of hydrogen-bond donors (Lipinski definition) is 1. The van der Waals surface area contributed by atoms with Crippen LogP contribution >= 0.6 is 0 Å². The maximum atomic E-state index is 12.5. The molecule has 2 aromatic rings. The van der Waals surface area contributed by atoms with Crippen LogP contribution in [0.2, 0.25) is 0 Å². The number of para-hydroxylation sites is 1. The Balaban J connectivity index is 1.65. The molecule has 1 saturated heterocycles. The maximum Gasteiger partial charge on any atom is 0.222 e. The molecule has 1 atom stereocenters. The lowest BCUT2D eigenvalue weighted by Gasteiger charge is -2.34. The van der Waals surface area contributed by atoms with E-state index >= 15 is 0 Å². The molecule has 1 spiro atoms. The number of ketones is 1. The molecule has 2 aliphatic rings. The average Bonchev–Trinajstić information content (AvgIpc) is 2.94. The molecule has 6 heteroatoms. The van der Waals surface area contributed by atoms with Gasteiger partial charge in [-0.15, -0.1) is 0 Å². The quantitative estimate of drug-likeness (QED) is 0.867. The lowest BCUT2D eigenvalue weighted by Crippen LogP contribution is -2.44. The van der Waals surface area contributed by atoms with Crippen LogP contribution in [0.5, 0.6) is 5.75 Å². The number of benzene rings is 1. The van der Waals surface area contributed by atoms with Gasteiger partial charge in [0.25, 0.3) is 0 Å². The van der Waals surface area contributed by atoms with E-state index in [9.17, 15) is 4.79 Å². The van der Waals surface area contributed by atoms with E-state index in [1.807, 2.05) is 38.1 Å². The number of carbonyl (C=O) groups is 1. The van der Waals surface area contributed by atoms with Crippen LogP contribution in [0.15, 0.2) is 24.3 Å². The first-order valence-electron chi connectivity index (χ1n) is 8.14. The lowest BCUT2D eigenvalue weighted by atomic mass is 9.89. The molecule has 0 amide bonds. The molecule has 6 nitrogen and oxygen atoms in total. The van der Waals surface area contributed by atoms with Gasteiger partial charge in [-0.25, -0.2) is 4.98 Å². The van der Waals surface area contributed by atoms with Gasteiger partial charge < -0.3 is 15.4 Å². The van der Waals surface area contributed by atoms with E-state index in [1.165, 1.54) is 0 Å². The van der Waals surface area contributed by atoms with Gasteiger partial charge in [0.05, 0.1) is 18.5 Å². The molecule has 1 aromatic carbocycles. The molecule has 124 valence electrons. The molecule has 0 radical (unpaired) electrons. The number of fused-ring (bicyclic) bond motifs is 1. The number of rotatable bonds is 1. The molecule has 4 rings (SSSR count). The number of nitrogens with zero attached hydrogens (tertiary/aromatic N) is 3. The molecule has 2 aliphatic heterocycles. The van der Waals surface area contributed by atoms with Crippen molar-refractivity contribution in [1.82, 2.24) is 9.97 Å². The third-order valence-corrected chi connectivity index (χ3v) is 4.99. The summed E-state index contributed by atoms with van der Waals surface area (Å²) in [7, 11) is 0. The summed E-state index contributed by atoms with van der Waals surface area (Å²) in [6.45, 7) is 5.34. The highest BCUT2D eigenvalue weighted by molar-refractivity contribution is 6.00. The van der Waals surface area contributed by atoms with E-state index in [-0.39, 0.29) is 11.7 Å². The Morgan fingerprint density at radius 1 is 1.25 bits per heavy atom. The lowest BCUT2D eigenvalue weighted by molar-refractivity contribution is 0.0538. The molecular weight excluding hydrogens is 304 g/mol. The van der Waals surface area contributed by atoms with Crippen LogP contribution in [-0.4, -0.2) is 34.4 Å². The number of hydrogen-bond acceptors (Lipinski definition) is 6. The molecule has 0 bridgehead atoms. The predicted molar refractivity (Wildman–Crippen MR) is 91.5 cm³/mol. The van der Waals surface area contributed by atoms with E-state index < -0.39 is 5.60 Å². The molecule has 1 aromatic heterocycles. The van der Waals surface area contributed by atoms with Crippen LogP contribution in [0.3, 0.4) is 0 Å². The average molecular weight is 324 g/mol. The number of anilines is 2. The van der Waals surface area contributed by atoms with Crippen LogP contribution in [0.4, 0.5) is 11.8 Å². The van der Waals surface area contributed by atoms with Gasteiger partial charge in [-0.2, -0.15) is 4.98 Å². The van der Waals surface area contributed by atoms with Crippen molar-refractivity contribution >= 4 is 17.5 Å². The van der Waals surface area contributed by atoms with Crippen LogP contribution in [0.1, 0.15) is 34.5 Å². The molecule has 0 saturated carbocycles. The van der Waals surface area contributed by atoms with Gasteiger partial charge in [0.1, 0.15) is 17.2 Å². The van der Waals surface area contributed by atoms with Crippen molar-refractivity contribution in [2.24, 2.45) is 0 Å². The third-order valence-electron chi connectivity index (χ3n) is 4.99. The highest BCUT2D eigenvalue weighted by Gasteiger charge is 2.46. The van der Waals surface area contributed by atoms with Crippen molar-refractivity contribution in [1.29, 1.82) is 0 Å². The number of carbonyl (C=O) groups excluding carboxylic acids is 1. The first kappa shape index (κ1) is 14.9. The summed E-state index contributed by atoms with van der Waals surface area (Å²) in [4.78, 5) is 23.3. The highest BCUT2D eigenvalue weighted by Crippen LogP contribution is 2.40. The third kappa shape index (κ3) is 2.29. The number of Topliss-reactive ketones (excluding diaryl/α,β-unsaturated/α-hetero) is 1.